The number of thiazole rings is 1. The zero-order valence-electron chi connectivity index (χ0n) is 9.86. The summed E-state index contributed by atoms with van der Waals surface area (Å²) in [6, 6.07) is 13.6. The first-order valence-corrected chi connectivity index (χ1v) is 7.33. The summed E-state index contributed by atoms with van der Waals surface area (Å²) < 4.78 is 1.17. The van der Waals surface area contributed by atoms with Gasteiger partial charge < -0.3 is 5.32 Å². The smallest absolute Gasteiger partial charge is 0.184 e. The number of nitrogens with one attached hydrogen (secondary N) is 1. The summed E-state index contributed by atoms with van der Waals surface area (Å²) in [7, 11) is 0. The van der Waals surface area contributed by atoms with Gasteiger partial charge in [0, 0.05) is 16.6 Å². The van der Waals surface area contributed by atoms with Gasteiger partial charge in [0.1, 0.15) is 0 Å². The lowest BCUT2D eigenvalue weighted by Gasteiger charge is -2.05. The molecule has 0 aliphatic rings. The zero-order chi connectivity index (χ0) is 13.2. The van der Waals surface area contributed by atoms with E-state index < -0.39 is 0 Å². The van der Waals surface area contributed by atoms with Crippen molar-refractivity contribution in [3.8, 4) is 0 Å². The van der Waals surface area contributed by atoms with Gasteiger partial charge in [-0.3, -0.25) is 0 Å². The van der Waals surface area contributed by atoms with Crippen LogP contribution in [-0.2, 0) is 6.54 Å². The van der Waals surface area contributed by atoms with Gasteiger partial charge in [0.25, 0.3) is 0 Å². The number of halogens is 2. The topological polar surface area (TPSA) is 24.9 Å². The van der Waals surface area contributed by atoms with Gasteiger partial charge in [-0.05, 0) is 29.8 Å². The van der Waals surface area contributed by atoms with Crippen LogP contribution in [0.15, 0.2) is 42.5 Å². The monoisotopic (exact) mass is 308 g/mol. The summed E-state index contributed by atoms with van der Waals surface area (Å²) in [5.41, 5.74) is 2.02. The summed E-state index contributed by atoms with van der Waals surface area (Å²) in [6.07, 6.45) is 0. The second-order valence-corrected chi connectivity index (χ2v) is 5.95. The number of rotatable bonds is 3. The molecule has 96 valence electrons. The van der Waals surface area contributed by atoms with Crippen LogP contribution in [0.2, 0.25) is 10.0 Å². The van der Waals surface area contributed by atoms with Crippen LogP contribution in [0.25, 0.3) is 10.2 Å². The second kappa shape index (κ2) is 5.37. The third kappa shape index (κ3) is 2.84. The third-order valence-corrected chi connectivity index (χ3v) is 4.32. The minimum absolute atomic E-state index is 0.635. The number of fused-ring (bicyclic) bond motifs is 1. The van der Waals surface area contributed by atoms with Crippen LogP contribution in [0.4, 0.5) is 5.13 Å². The maximum absolute atomic E-state index is 6.13. The summed E-state index contributed by atoms with van der Waals surface area (Å²) in [4.78, 5) is 4.51. The number of aromatic nitrogens is 1. The lowest BCUT2D eigenvalue weighted by molar-refractivity contribution is 1.14. The summed E-state index contributed by atoms with van der Waals surface area (Å²) in [5, 5.41) is 5.50. The van der Waals surface area contributed by atoms with Gasteiger partial charge in [-0.2, -0.15) is 0 Å². The van der Waals surface area contributed by atoms with Crippen molar-refractivity contribution in [1.29, 1.82) is 0 Å². The van der Waals surface area contributed by atoms with E-state index in [1.54, 1.807) is 17.4 Å². The molecule has 5 heteroatoms. The molecule has 0 atom stereocenters. The fourth-order valence-electron chi connectivity index (χ4n) is 1.78. The summed E-state index contributed by atoms with van der Waals surface area (Å²) in [6.45, 7) is 0.635. The Morgan fingerprint density at radius 2 is 1.95 bits per heavy atom. The maximum atomic E-state index is 6.13. The number of hydrogen-bond acceptors (Lipinski definition) is 3. The molecule has 0 radical (unpaired) electrons. The van der Waals surface area contributed by atoms with E-state index in [1.807, 2.05) is 30.3 Å². The average molecular weight is 309 g/mol. The average Bonchev–Trinajstić information content (AvgIpc) is 2.80. The number of para-hydroxylation sites is 1. The molecule has 2 nitrogen and oxygen atoms in total. The van der Waals surface area contributed by atoms with Crippen LogP contribution in [0.5, 0.6) is 0 Å². The molecule has 0 spiro atoms. The van der Waals surface area contributed by atoms with E-state index >= 15 is 0 Å². The van der Waals surface area contributed by atoms with Gasteiger partial charge in [-0.1, -0.05) is 52.7 Å². The van der Waals surface area contributed by atoms with Crippen molar-refractivity contribution in [3.05, 3.63) is 58.1 Å². The van der Waals surface area contributed by atoms with Crippen molar-refractivity contribution in [3.63, 3.8) is 0 Å². The highest BCUT2D eigenvalue weighted by atomic mass is 35.5. The molecule has 0 aliphatic carbocycles. The Morgan fingerprint density at radius 1 is 1.11 bits per heavy atom. The lowest BCUT2D eigenvalue weighted by Crippen LogP contribution is -1.99. The first-order chi connectivity index (χ1) is 9.22. The van der Waals surface area contributed by atoms with Crippen LogP contribution in [-0.4, -0.2) is 4.98 Å². The SMILES string of the molecule is Clc1ccc(CNc2nc3ccccc3s2)c(Cl)c1. The Balaban J connectivity index is 1.78. The number of nitrogens with zero attached hydrogens (tertiary/aromatic N) is 1. The van der Waals surface area contributed by atoms with E-state index in [0.29, 0.717) is 16.6 Å². The molecular formula is C14H10Cl2N2S. The fourth-order valence-corrected chi connectivity index (χ4v) is 3.12. The molecule has 1 N–H and O–H groups in total. The normalized spacial score (nSPS) is 10.8. The molecule has 0 bridgehead atoms. The minimum atomic E-state index is 0.635. The quantitative estimate of drug-likeness (QED) is 0.718. The highest BCUT2D eigenvalue weighted by molar-refractivity contribution is 7.22. The van der Waals surface area contributed by atoms with Crippen LogP contribution in [0.3, 0.4) is 0 Å². The van der Waals surface area contributed by atoms with Crippen molar-refractivity contribution in [1.82, 2.24) is 4.98 Å². The van der Waals surface area contributed by atoms with Crippen LogP contribution >= 0.6 is 34.5 Å². The highest BCUT2D eigenvalue weighted by Gasteiger charge is 2.05. The number of anilines is 1. The van der Waals surface area contributed by atoms with Crippen LogP contribution < -0.4 is 5.32 Å². The third-order valence-electron chi connectivity index (χ3n) is 2.74. The minimum Gasteiger partial charge on any atom is -0.357 e. The molecular weight excluding hydrogens is 299 g/mol. The molecule has 0 fully saturated rings. The van der Waals surface area contributed by atoms with Gasteiger partial charge >= 0.3 is 0 Å². The molecule has 0 unspecified atom stereocenters. The number of hydrogen-bond donors (Lipinski definition) is 1. The zero-order valence-corrected chi connectivity index (χ0v) is 12.2. The lowest BCUT2D eigenvalue weighted by atomic mass is 10.2. The fraction of sp³-hybridized carbons (Fsp3) is 0.0714. The standard InChI is InChI=1S/C14H10Cl2N2S/c15-10-6-5-9(11(16)7-10)8-17-14-18-12-3-1-2-4-13(12)19-14/h1-7H,8H2,(H,17,18). The molecule has 3 rings (SSSR count). The Hall–Kier alpha value is -1.29. The van der Waals surface area contributed by atoms with E-state index in [9.17, 15) is 0 Å². The van der Waals surface area contributed by atoms with Gasteiger partial charge in [-0.15, -0.1) is 0 Å². The number of benzene rings is 2. The van der Waals surface area contributed by atoms with Crippen molar-refractivity contribution in [2.45, 2.75) is 6.54 Å². The molecule has 0 aliphatic heterocycles. The predicted molar refractivity (Wildman–Crippen MR) is 83.4 cm³/mol. The molecule has 0 amide bonds. The predicted octanol–water partition coefficient (Wildman–Crippen LogP) is 5.22. The van der Waals surface area contributed by atoms with E-state index in [0.717, 1.165) is 16.2 Å². The Bertz CT molecular complexity index is 691. The van der Waals surface area contributed by atoms with Crippen LogP contribution in [0.1, 0.15) is 5.56 Å². The van der Waals surface area contributed by atoms with Gasteiger partial charge in [0.05, 0.1) is 10.2 Å². The van der Waals surface area contributed by atoms with E-state index in [1.165, 1.54) is 4.70 Å². The largest absolute Gasteiger partial charge is 0.357 e. The molecule has 0 saturated heterocycles. The van der Waals surface area contributed by atoms with E-state index in [4.69, 9.17) is 23.2 Å². The van der Waals surface area contributed by atoms with Gasteiger partial charge in [0.15, 0.2) is 5.13 Å². The first-order valence-electron chi connectivity index (χ1n) is 5.76. The Labute approximate surface area is 125 Å². The molecule has 19 heavy (non-hydrogen) atoms. The van der Waals surface area contributed by atoms with E-state index in [-0.39, 0.29) is 0 Å². The molecule has 1 aromatic heterocycles. The van der Waals surface area contributed by atoms with Gasteiger partial charge in [-0.25, -0.2) is 4.98 Å². The molecule has 3 aromatic rings. The summed E-state index contributed by atoms with van der Waals surface area (Å²) >= 11 is 13.6. The molecule has 0 saturated carbocycles. The Morgan fingerprint density at radius 3 is 2.74 bits per heavy atom. The highest BCUT2D eigenvalue weighted by Crippen LogP contribution is 2.27. The van der Waals surface area contributed by atoms with Crippen molar-refractivity contribution in [2.75, 3.05) is 5.32 Å². The van der Waals surface area contributed by atoms with Crippen molar-refractivity contribution >= 4 is 49.9 Å². The Kier molecular flexibility index (Phi) is 3.60. The summed E-state index contributed by atoms with van der Waals surface area (Å²) in [5.74, 6) is 0. The first kappa shape index (κ1) is 12.7. The van der Waals surface area contributed by atoms with Crippen molar-refractivity contribution < 1.29 is 0 Å². The van der Waals surface area contributed by atoms with Crippen LogP contribution in [0, 0.1) is 0 Å². The second-order valence-electron chi connectivity index (χ2n) is 4.08. The van der Waals surface area contributed by atoms with Crippen molar-refractivity contribution in [2.24, 2.45) is 0 Å². The molecule has 2 aromatic carbocycles. The maximum Gasteiger partial charge on any atom is 0.184 e. The molecule has 1 heterocycles. The van der Waals surface area contributed by atoms with Gasteiger partial charge in [0.2, 0.25) is 0 Å². The van der Waals surface area contributed by atoms with E-state index in [2.05, 4.69) is 16.4 Å².